The Bertz CT molecular complexity index is 398. The highest BCUT2D eigenvalue weighted by molar-refractivity contribution is 5.39. The summed E-state index contributed by atoms with van der Waals surface area (Å²) in [5.41, 5.74) is 8.75. The zero-order valence-electron chi connectivity index (χ0n) is 10.3. The van der Waals surface area contributed by atoms with Gasteiger partial charge in [0.05, 0.1) is 6.61 Å². The Labute approximate surface area is 103 Å². The van der Waals surface area contributed by atoms with Crippen LogP contribution in [0.2, 0.25) is 0 Å². The highest BCUT2D eigenvalue weighted by atomic mass is 16.5. The van der Waals surface area contributed by atoms with Gasteiger partial charge in [0.15, 0.2) is 0 Å². The van der Waals surface area contributed by atoms with Crippen molar-refractivity contribution in [3.05, 3.63) is 29.3 Å². The summed E-state index contributed by atoms with van der Waals surface area (Å²) in [6.45, 7) is 1.67. The number of fused-ring (bicyclic) bond motifs is 1. The van der Waals surface area contributed by atoms with Crippen LogP contribution in [0, 0.1) is 5.92 Å². The molecule has 3 rings (SSSR count). The van der Waals surface area contributed by atoms with Crippen LogP contribution >= 0.6 is 0 Å². The molecule has 0 amide bonds. The van der Waals surface area contributed by atoms with Gasteiger partial charge in [0.2, 0.25) is 0 Å². The average Bonchev–Trinajstić information content (AvgIpc) is 3.19. The van der Waals surface area contributed by atoms with E-state index in [2.05, 4.69) is 18.2 Å². The van der Waals surface area contributed by atoms with Crippen molar-refractivity contribution in [1.29, 1.82) is 0 Å². The summed E-state index contributed by atoms with van der Waals surface area (Å²) in [6, 6.07) is 6.59. The zero-order chi connectivity index (χ0) is 11.7. The summed E-state index contributed by atoms with van der Waals surface area (Å²) in [7, 11) is 0. The van der Waals surface area contributed by atoms with Crippen LogP contribution in [0.5, 0.6) is 5.75 Å². The number of benzene rings is 1. The molecular weight excluding hydrogens is 210 g/mol. The third-order valence-electron chi connectivity index (χ3n) is 4.02. The molecule has 1 aromatic rings. The molecule has 17 heavy (non-hydrogen) atoms. The van der Waals surface area contributed by atoms with Crippen molar-refractivity contribution in [2.45, 2.75) is 38.0 Å². The third-order valence-corrected chi connectivity index (χ3v) is 4.02. The minimum Gasteiger partial charge on any atom is -0.493 e. The molecule has 1 atom stereocenters. The number of rotatable bonds is 4. The first kappa shape index (κ1) is 11.1. The fourth-order valence-electron chi connectivity index (χ4n) is 2.72. The Morgan fingerprint density at radius 1 is 1.24 bits per heavy atom. The average molecular weight is 231 g/mol. The number of hydrogen-bond acceptors (Lipinski definition) is 2. The van der Waals surface area contributed by atoms with Crippen LogP contribution in [-0.2, 0) is 6.42 Å². The minimum absolute atomic E-state index is 0.566. The molecule has 0 aromatic heterocycles. The molecule has 2 N–H and O–H groups in total. The molecule has 2 heteroatoms. The second kappa shape index (κ2) is 4.69. The van der Waals surface area contributed by atoms with Crippen molar-refractivity contribution in [3.8, 4) is 5.75 Å². The van der Waals surface area contributed by atoms with Crippen LogP contribution in [0.4, 0.5) is 0 Å². The number of aryl methyl sites for hydroxylation is 1. The van der Waals surface area contributed by atoms with Crippen molar-refractivity contribution in [3.63, 3.8) is 0 Å². The van der Waals surface area contributed by atoms with E-state index >= 15 is 0 Å². The van der Waals surface area contributed by atoms with Gasteiger partial charge >= 0.3 is 0 Å². The molecule has 0 spiro atoms. The van der Waals surface area contributed by atoms with Gasteiger partial charge in [-0.1, -0.05) is 6.07 Å². The molecule has 1 unspecified atom stereocenters. The van der Waals surface area contributed by atoms with E-state index in [1.54, 1.807) is 0 Å². The van der Waals surface area contributed by atoms with Gasteiger partial charge < -0.3 is 10.5 Å². The van der Waals surface area contributed by atoms with Gasteiger partial charge in [-0.15, -0.1) is 0 Å². The fourth-order valence-corrected chi connectivity index (χ4v) is 2.72. The zero-order valence-corrected chi connectivity index (χ0v) is 10.3. The molecule has 0 bridgehead atoms. The standard InChI is InChI=1S/C15H21NO/c16-9-13-3-1-2-12-8-14(6-7-15(12)13)17-10-11-4-5-11/h6-8,11,13H,1-5,9-10,16H2. The van der Waals surface area contributed by atoms with Crippen LogP contribution in [0.25, 0.3) is 0 Å². The highest BCUT2D eigenvalue weighted by Gasteiger charge is 2.23. The van der Waals surface area contributed by atoms with Crippen LogP contribution in [-0.4, -0.2) is 13.2 Å². The Hall–Kier alpha value is -1.02. The van der Waals surface area contributed by atoms with E-state index in [0.717, 1.165) is 24.8 Å². The van der Waals surface area contributed by atoms with Crippen LogP contribution in [0.15, 0.2) is 18.2 Å². The van der Waals surface area contributed by atoms with E-state index in [1.807, 2.05) is 0 Å². The van der Waals surface area contributed by atoms with Gasteiger partial charge in [-0.3, -0.25) is 0 Å². The van der Waals surface area contributed by atoms with Gasteiger partial charge in [-0.2, -0.15) is 0 Å². The smallest absolute Gasteiger partial charge is 0.119 e. The lowest BCUT2D eigenvalue weighted by atomic mass is 9.83. The van der Waals surface area contributed by atoms with Gasteiger partial charge in [0.25, 0.3) is 0 Å². The maximum Gasteiger partial charge on any atom is 0.119 e. The molecule has 2 aliphatic rings. The van der Waals surface area contributed by atoms with E-state index in [9.17, 15) is 0 Å². The first-order chi connectivity index (χ1) is 8.36. The van der Waals surface area contributed by atoms with Gasteiger partial charge in [-0.25, -0.2) is 0 Å². The van der Waals surface area contributed by atoms with E-state index in [0.29, 0.717) is 5.92 Å². The lowest BCUT2D eigenvalue weighted by Crippen LogP contribution is -2.18. The molecule has 0 radical (unpaired) electrons. The van der Waals surface area contributed by atoms with Crippen molar-refractivity contribution >= 4 is 0 Å². The molecule has 92 valence electrons. The van der Waals surface area contributed by atoms with Crippen LogP contribution < -0.4 is 10.5 Å². The molecule has 1 fully saturated rings. The SMILES string of the molecule is NCC1CCCc2cc(OCC3CC3)ccc21. The molecule has 2 aliphatic carbocycles. The quantitative estimate of drug-likeness (QED) is 0.864. The second-order valence-electron chi connectivity index (χ2n) is 5.44. The minimum atomic E-state index is 0.566. The third kappa shape index (κ3) is 2.47. The van der Waals surface area contributed by atoms with Crippen molar-refractivity contribution in [2.75, 3.05) is 13.2 Å². The summed E-state index contributed by atoms with van der Waals surface area (Å²) >= 11 is 0. The number of hydrogen-bond donors (Lipinski definition) is 1. The largest absolute Gasteiger partial charge is 0.493 e. The Kier molecular flexibility index (Phi) is 3.06. The Morgan fingerprint density at radius 3 is 2.88 bits per heavy atom. The molecular formula is C15H21NO. The Balaban J connectivity index is 1.74. The van der Waals surface area contributed by atoms with Gasteiger partial charge in [0, 0.05) is 0 Å². The maximum atomic E-state index is 5.83. The predicted octanol–water partition coefficient (Wildman–Crippen LogP) is 2.85. The van der Waals surface area contributed by atoms with Gasteiger partial charge in [0.1, 0.15) is 5.75 Å². The van der Waals surface area contributed by atoms with Crippen molar-refractivity contribution < 1.29 is 4.74 Å². The predicted molar refractivity (Wildman–Crippen MR) is 69.4 cm³/mol. The second-order valence-corrected chi connectivity index (χ2v) is 5.44. The van der Waals surface area contributed by atoms with E-state index in [4.69, 9.17) is 10.5 Å². The summed E-state index contributed by atoms with van der Waals surface area (Å²) in [5, 5.41) is 0. The van der Waals surface area contributed by atoms with Crippen molar-refractivity contribution in [1.82, 2.24) is 0 Å². The molecule has 0 saturated heterocycles. The lowest BCUT2D eigenvalue weighted by Gasteiger charge is -2.24. The van der Waals surface area contributed by atoms with Crippen LogP contribution in [0.1, 0.15) is 42.7 Å². The van der Waals surface area contributed by atoms with E-state index < -0.39 is 0 Å². The molecule has 0 heterocycles. The summed E-state index contributed by atoms with van der Waals surface area (Å²) in [6.07, 6.45) is 6.39. The van der Waals surface area contributed by atoms with Gasteiger partial charge in [-0.05, 0) is 73.7 Å². The molecule has 1 aromatic carbocycles. The number of ether oxygens (including phenoxy) is 1. The van der Waals surface area contributed by atoms with E-state index in [-0.39, 0.29) is 0 Å². The number of nitrogens with two attached hydrogens (primary N) is 1. The topological polar surface area (TPSA) is 35.2 Å². The molecule has 1 saturated carbocycles. The molecule has 2 nitrogen and oxygen atoms in total. The first-order valence-electron chi connectivity index (χ1n) is 6.82. The van der Waals surface area contributed by atoms with Crippen molar-refractivity contribution in [2.24, 2.45) is 11.7 Å². The highest BCUT2D eigenvalue weighted by Crippen LogP contribution is 2.34. The Morgan fingerprint density at radius 2 is 2.12 bits per heavy atom. The lowest BCUT2D eigenvalue weighted by molar-refractivity contribution is 0.299. The molecule has 0 aliphatic heterocycles. The van der Waals surface area contributed by atoms with Crippen LogP contribution in [0.3, 0.4) is 0 Å². The first-order valence-corrected chi connectivity index (χ1v) is 6.82. The monoisotopic (exact) mass is 231 g/mol. The summed E-state index contributed by atoms with van der Waals surface area (Å²) in [5.74, 6) is 2.44. The maximum absolute atomic E-state index is 5.83. The fraction of sp³-hybridized carbons (Fsp3) is 0.600. The summed E-state index contributed by atoms with van der Waals surface area (Å²) < 4.78 is 5.83. The normalized spacial score (nSPS) is 23.2. The van der Waals surface area contributed by atoms with E-state index in [1.165, 1.54) is 43.2 Å². The summed E-state index contributed by atoms with van der Waals surface area (Å²) in [4.78, 5) is 0.